The summed E-state index contributed by atoms with van der Waals surface area (Å²) < 4.78 is 6.08. The van der Waals surface area contributed by atoms with Gasteiger partial charge >= 0.3 is 0 Å². The Morgan fingerprint density at radius 1 is 1.21 bits per heavy atom. The highest BCUT2D eigenvalue weighted by molar-refractivity contribution is 6.30. The first-order valence-corrected chi connectivity index (χ1v) is 11.5. The molecule has 4 nitrogen and oxygen atoms in total. The summed E-state index contributed by atoms with van der Waals surface area (Å²) in [6, 6.07) is 7.48. The van der Waals surface area contributed by atoms with Crippen LogP contribution in [0, 0.1) is 0 Å². The lowest BCUT2D eigenvalue weighted by Crippen LogP contribution is -2.40. The molecule has 2 rings (SSSR count). The number of ether oxygens (including phenoxy) is 1. The van der Waals surface area contributed by atoms with Gasteiger partial charge in [-0.05, 0) is 76.2 Å². The number of hydrogen-bond acceptors (Lipinski definition) is 3. The third-order valence-corrected chi connectivity index (χ3v) is 5.95. The molecule has 0 aliphatic heterocycles. The molecule has 0 atom stereocenters. The lowest BCUT2D eigenvalue weighted by atomic mass is 9.91. The first kappa shape index (κ1) is 23.9. The van der Waals surface area contributed by atoms with E-state index in [-0.39, 0.29) is 11.9 Å². The van der Waals surface area contributed by atoms with Crippen LogP contribution in [-0.2, 0) is 4.74 Å². The molecule has 0 bridgehead atoms. The van der Waals surface area contributed by atoms with Crippen molar-refractivity contribution in [3.8, 4) is 0 Å². The van der Waals surface area contributed by atoms with Crippen molar-refractivity contribution in [2.75, 3.05) is 26.7 Å². The van der Waals surface area contributed by atoms with Gasteiger partial charge < -0.3 is 15.0 Å². The SMILES string of the molecule is C=CCCNCCCCCCOC1CCC(N(C)C(=O)c2cccc(Cl)c2)CC1. The summed E-state index contributed by atoms with van der Waals surface area (Å²) in [4.78, 5) is 14.6. The quantitative estimate of drug-likeness (QED) is 0.340. The van der Waals surface area contributed by atoms with E-state index in [2.05, 4.69) is 11.9 Å². The van der Waals surface area contributed by atoms with Crippen LogP contribution in [0.5, 0.6) is 0 Å². The number of benzene rings is 1. The normalized spacial score (nSPS) is 19.1. The second kappa shape index (κ2) is 13.8. The molecule has 0 radical (unpaired) electrons. The van der Waals surface area contributed by atoms with Crippen LogP contribution in [-0.4, -0.2) is 49.7 Å². The van der Waals surface area contributed by atoms with Crippen LogP contribution in [0.1, 0.15) is 68.1 Å². The molecule has 29 heavy (non-hydrogen) atoms. The van der Waals surface area contributed by atoms with Crippen LogP contribution in [0.15, 0.2) is 36.9 Å². The minimum Gasteiger partial charge on any atom is -0.378 e. The minimum atomic E-state index is 0.0517. The minimum absolute atomic E-state index is 0.0517. The van der Waals surface area contributed by atoms with Gasteiger partial charge in [-0.3, -0.25) is 4.79 Å². The predicted molar refractivity (Wildman–Crippen MR) is 122 cm³/mol. The van der Waals surface area contributed by atoms with E-state index < -0.39 is 0 Å². The summed E-state index contributed by atoms with van der Waals surface area (Å²) in [7, 11) is 1.90. The third-order valence-electron chi connectivity index (χ3n) is 5.71. The van der Waals surface area contributed by atoms with Crippen molar-refractivity contribution in [1.29, 1.82) is 0 Å². The van der Waals surface area contributed by atoms with E-state index in [0.29, 0.717) is 16.7 Å². The molecule has 5 heteroatoms. The van der Waals surface area contributed by atoms with Gasteiger partial charge in [0.2, 0.25) is 0 Å². The Morgan fingerprint density at radius 2 is 1.97 bits per heavy atom. The summed E-state index contributed by atoms with van der Waals surface area (Å²) in [5.41, 5.74) is 0.661. The Hall–Kier alpha value is -1.36. The molecule has 1 aromatic carbocycles. The number of carbonyl (C=O) groups excluding carboxylic acids is 1. The van der Waals surface area contributed by atoms with Gasteiger partial charge in [0, 0.05) is 30.3 Å². The summed E-state index contributed by atoms with van der Waals surface area (Å²) in [6.45, 7) is 6.72. The van der Waals surface area contributed by atoms with Gasteiger partial charge in [0.25, 0.3) is 5.91 Å². The van der Waals surface area contributed by atoms with Crippen molar-refractivity contribution in [3.63, 3.8) is 0 Å². The van der Waals surface area contributed by atoms with Gasteiger partial charge in [-0.1, -0.05) is 36.6 Å². The Labute approximate surface area is 181 Å². The molecule has 1 saturated carbocycles. The maximum absolute atomic E-state index is 12.7. The van der Waals surface area contributed by atoms with Gasteiger partial charge in [0.1, 0.15) is 0 Å². The Morgan fingerprint density at radius 3 is 2.69 bits per heavy atom. The molecule has 1 aliphatic rings. The summed E-state index contributed by atoms with van der Waals surface area (Å²) in [6.07, 6.45) is 12.3. The second-order valence-corrected chi connectivity index (χ2v) is 8.41. The van der Waals surface area contributed by atoms with Crippen molar-refractivity contribution < 1.29 is 9.53 Å². The Balaban J connectivity index is 1.55. The molecule has 0 saturated heterocycles. The van der Waals surface area contributed by atoms with Crippen LogP contribution in [0.25, 0.3) is 0 Å². The van der Waals surface area contributed by atoms with Crippen LogP contribution in [0.3, 0.4) is 0 Å². The average molecular weight is 421 g/mol. The van der Waals surface area contributed by atoms with Gasteiger partial charge in [0.05, 0.1) is 6.10 Å². The molecule has 1 aliphatic carbocycles. The van der Waals surface area contributed by atoms with Crippen molar-refractivity contribution in [3.05, 3.63) is 47.5 Å². The van der Waals surface area contributed by atoms with Crippen LogP contribution >= 0.6 is 11.6 Å². The van der Waals surface area contributed by atoms with Crippen molar-refractivity contribution in [2.24, 2.45) is 0 Å². The summed E-state index contributed by atoms with van der Waals surface area (Å²) in [5.74, 6) is 0.0517. The Bertz CT molecular complexity index is 615. The average Bonchev–Trinajstić information content (AvgIpc) is 2.74. The molecule has 1 aromatic rings. The zero-order chi connectivity index (χ0) is 20.9. The fourth-order valence-corrected chi connectivity index (χ4v) is 4.07. The molecule has 1 fully saturated rings. The number of halogens is 1. The molecule has 0 aromatic heterocycles. The molecule has 0 spiro atoms. The van der Waals surface area contributed by atoms with Gasteiger partial charge in [-0.15, -0.1) is 6.58 Å². The highest BCUT2D eigenvalue weighted by atomic mass is 35.5. The monoisotopic (exact) mass is 420 g/mol. The van der Waals surface area contributed by atoms with E-state index >= 15 is 0 Å². The topological polar surface area (TPSA) is 41.6 Å². The molecular weight excluding hydrogens is 384 g/mol. The second-order valence-electron chi connectivity index (χ2n) is 7.97. The van der Waals surface area contributed by atoms with Gasteiger partial charge in [-0.25, -0.2) is 0 Å². The van der Waals surface area contributed by atoms with E-state index in [4.69, 9.17) is 16.3 Å². The molecule has 1 N–H and O–H groups in total. The smallest absolute Gasteiger partial charge is 0.253 e. The molecule has 0 heterocycles. The van der Waals surface area contributed by atoms with Crippen LogP contribution < -0.4 is 5.32 Å². The lowest BCUT2D eigenvalue weighted by molar-refractivity contribution is 0.00911. The van der Waals surface area contributed by atoms with Crippen molar-refractivity contribution in [2.45, 2.75) is 69.9 Å². The largest absolute Gasteiger partial charge is 0.378 e. The first-order chi connectivity index (χ1) is 14.1. The Kier molecular flexibility index (Phi) is 11.4. The van der Waals surface area contributed by atoms with E-state index in [1.54, 1.807) is 12.1 Å². The molecule has 0 unspecified atom stereocenters. The van der Waals surface area contributed by atoms with Crippen LogP contribution in [0.2, 0.25) is 5.02 Å². The predicted octanol–water partition coefficient (Wildman–Crippen LogP) is 5.47. The maximum atomic E-state index is 12.7. The fraction of sp³-hybridized carbons (Fsp3) is 0.625. The van der Waals surface area contributed by atoms with Gasteiger partial charge in [-0.2, -0.15) is 0 Å². The summed E-state index contributed by atoms with van der Waals surface area (Å²) >= 11 is 6.02. The van der Waals surface area contributed by atoms with Crippen molar-refractivity contribution >= 4 is 17.5 Å². The van der Waals surface area contributed by atoms with Crippen LogP contribution in [0.4, 0.5) is 0 Å². The lowest BCUT2D eigenvalue weighted by Gasteiger charge is -2.34. The van der Waals surface area contributed by atoms with E-state index in [1.165, 1.54) is 19.3 Å². The molecular formula is C24H37ClN2O2. The zero-order valence-corrected chi connectivity index (χ0v) is 18.6. The number of unbranched alkanes of at least 4 members (excludes halogenated alkanes) is 3. The van der Waals surface area contributed by atoms with Gasteiger partial charge in [0.15, 0.2) is 0 Å². The van der Waals surface area contributed by atoms with Crippen molar-refractivity contribution in [1.82, 2.24) is 10.2 Å². The number of amides is 1. The van der Waals surface area contributed by atoms with E-state index in [0.717, 1.165) is 58.2 Å². The van der Waals surface area contributed by atoms with E-state index in [9.17, 15) is 4.79 Å². The number of nitrogens with one attached hydrogen (secondary N) is 1. The highest BCUT2D eigenvalue weighted by Crippen LogP contribution is 2.26. The zero-order valence-electron chi connectivity index (χ0n) is 17.9. The number of rotatable bonds is 13. The molecule has 162 valence electrons. The highest BCUT2D eigenvalue weighted by Gasteiger charge is 2.27. The van der Waals surface area contributed by atoms with E-state index in [1.807, 2.05) is 30.2 Å². The first-order valence-electron chi connectivity index (χ1n) is 11.1. The maximum Gasteiger partial charge on any atom is 0.253 e. The standard InChI is InChI=1S/C24H37ClN2O2/c1-3-4-16-26-17-7-5-6-8-18-29-23-14-12-22(13-15-23)27(2)24(28)20-10-9-11-21(25)19-20/h3,9-11,19,22-23,26H,1,4-8,12-18H2,2H3. The summed E-state index contributed by atoms with van der Waals surface area (Å²) in [5, 5.41) is 4.03. The fourth-order valence-electron chi connectivity index (χ4n) is 3.87. The number of carbonyl (C=O) groups is 1. The number of hydrogen-bond donors (Lipinski definition) is 1. The molecule has 1 amide bonds. The third kappa shape index (κ3) is 8.90. The number of nitrogens with zero attached hydrogens (tertiary/aromatic N) is 1.